The molecule has 0 unspecified atom stereocenters. The average Bonchev–Trinajstić information content (AvgIpc) is 2.73. The van der Waals surface area contributed by atoms with Crippen LogP contribution in [0.5, 0.6) is 11.5 Å². The van der Waals surface area contributed by atoms with E-state index >= 15 is 0 Å². The van der Waals surface area contributed by atoms with Crippen LogP contribution < -0.4 is 13.8 Å². The van der Waals surface area contributed by atoms with Crippen molar-refractivity contribution in [2.24, 2.45) is 0 Å². The van der Waals surface area contributed by atoms with E-state index in [2.05, 4.69) is 0 Å². The first-order valence-corrected chi connectivity index (χ1v) is 10.5. The summed E-state index contributed by atoms with van der Waals surface area (Å²) in [6.07, 6.45) is 0. The molecule has 0 fully saturated rings. The van der Waals surface area contributed by atoms with E-state index < -0.39 is 10.0 Å². The van der Waals surface area contributed by atoms with Gasteiger partial charge in [-0.1, -0.05) is 48.0 Å². The predicted molar refractivity (Wildman–Crippen MR) is 108 cm³/mol. The van der Waals surface area contributed by atoms with Crippen LogP contribution in [0.25, 0.3) is 0 Å². The lowest BCUT2D eigenvalue weighted by atomic mass is 10.2. The maximum absolute atomic E-state index is 13.5. The van der Waals surface area contributed by atoms with Gasteiger partial charge in [-0.05, 0) is 36.8 Å². The summed E-state index contributed by atoms with van der Waals surface area (Å²) in [7, 11) is -3.80. The van der Waals surface area contributed by atoms with E-state index in [0.29, 0.717) is 30.4 Å². The SMILES string of the molecule is Cc1ccc(N(Cc2ccccc2)S(=O)(=O)c2ccc3c(c2)OCCO3)cc1. The molecular formula is C22H21NO4S. The van der Waals surface area contributed by atoms with Gasteiger partial charge in [0.25, 0.3) is 10.0 Å². The number of rotatable bonds is 5. The first-order chi connectivity index (χ1) is 13.5. The summed E-state index contributed by atoms with van der Waals surface area (Å²) >= 11 is 0. The summed E-state index contributed by atoms with van der Waals surface area (Å²) < 4.78 is 39.6. The summed E-state index contributed by atoms with van der Waals surface area (Å²) in [5.41, 5.74) is 2.59. The summed E-state index contributed by atoms with van der Waals surface area (Å²) in [6.45, 7) is 3.08. The third-order valence-corrected chi connectivity index (χ3v) is 6.36. The van der Waals surface area contributed by atoms with Gasteiger partial charge in [0.2, 0.25) is 0 Å². The summed E-state index contributed by atoms with van der Waals surface area (Å²) in [5.74, 6) is 1.02. The zero-order valence-corrected chi connectivity index (χ0v) is 16.4. The lowest BCUT2D eigenvalue weighted by molar-refractivity contribution is 0.171. The second-order valence-electron chi connectivity index (χ2n) is 6.64. The standard InChI is InChI=1S/C22H21NO4S/c1-17-7-9-19(10-8-17)23(16-18-5-3-2-4-6-18)28(24,25)20-11-12-21-22(15-20)27-14-13-26-21/h2-12,15H,13-14,16H2,1H3. The quantitative estimate of drug-likeness (QED) is 0.651. The minimum Gasteiger partial charge on any atom is -0.486 e. The Kier molecular flexibility index (Phi) is 4.96. The van der Waals surface area contributed by atoms with Gasteiger partial charge < -0.3 is 9.47 Å². The highest BCUT2D eigenvalue weighted by molar-refractivity contribution is 7.92. The van der Waals surface area contributed by atoms with E-state index in [9.17, 15) is 8.42 Å². The molecule has 1 aliphatic heterocycles. The zero-order valence-electron chi connectivity index (χ0n) is 15.5. The first-order valence-electron chi connectivity index (χ1n) is 9.07. The molecule has 0 bridgehead atoms. The third kappa shape index (κ3) is 3.68. The number of ether oxygens (including phenoxy) is 2. The van der Waals surface area contributed by atoms with E-state index in [0.717, 1.165) is 11.1 Å². The Morgan fingerprint density at radius 3 is 2.25 bits per heavy atom. The molecule has 4 rings (SSSR count). The maximum Gasteiger partial charge on any atom is 0.264 e. The Bertz CT molecular complexity index is 1060. The van der Waals surface area contributed by atoms with Crippen LogP contribution in [0.15, 0.2) is 77.7 Å². The Labute approximate surface area is 165 Å². The van der Waals surface area contributed by atoms with Gasteiger partial charge in [-0.3, -0.25) is 4.31 Å². The highest BCUT2D eigenvalue weighted by Crippen LogP contribution is 2.34. The number of anilines is 1. The van der Waals surface area contributed by atoms with Crippen molar-refractivity contribution >= 4 is 15.7 Å². The minimum atomic E-state index is -3.80. The molecule has 0 saturated carbocycles. The number of aryl methyl sites for hydroxylation is 1. The van der Waals surface area contributed by atoms with Crippen LogP contribution in [0.2, 0.25) is 0 Å². The second-order valence-corrected chi connectivity index (χ2v) is 8.50. The number of fused-ring (bicyclic) bond motifs is 1. The molecular weight excluding hydrogens is 374 g/mol. The van der Waals surface area contributed by atoms with Crippen molar-refractivity contribution in [2.45, 2.75) is 18.4 Å². The Balaban J connectivity index is 1.77. The topological polar surface area (TPSA) is 55.8 Å². The predicted octanol–water partition coefficient (Wildman–Crippen LogP) is 4.16. The van der Waals surface area contributed by atoms with Gasteiger partial charge in [-0.25, -0.2) is 8.42 Å². The highest BCUT2D eigenvalue weighted by Gasteiger charge is 2.27. The van der Waals surface area contributed by atoms with Crippen LogP contribution in [0.1, 0.15) is 11.1 Å². The van der Waals surface area contributed by atoms with Gasteiger partial charge in [0.15, 0.2) is 11.5 Å². The second kappa shape index (κ2) is 7.56. The van der Waals surface area contributed by atoms with Crippen molar-refractivity contribution in [1.82, 2.24) is 0 Å². The van der Waals surface area contributed by atoms with Gasteiger partial charge in [-0.15, -0.1) is 0 Å². The van der Waals surface area contributed by atoms with Crippen LogP contribution in [0.4, 0.5) is 5.69 Å². The molecule has 144 valence electrons. The lowest BCUT2D eigenvalue weighted by Crippen LogP contribution is -2.30. The number of nitrogens with zero attached hydrogens (tertiary/aromatic N) is 1. The van der Waals surface area contributed by atoms with Crippen LogP contribution in [0.3, 0.4) is 0 Å². The summed E-state index contributed by atoms with van der Waals surface area (Å²) in [4.78, 5) is 0.174. The molecule has 3 aromatic rings. The van der Waals surface area contributed by atoms with Gasteiger partial charge in [0, 0.05) is 6.07 Å². The largest absolute Gasteiger partial charge is 0.486 e. The Morgan fingerprint density at radius 2 is 1.54 bits per heavy atom. The van der Waals surface area contributed by atoms with Gasteiger partial charge >= 0.3 is 0 Å². The Hall–Kier alpha value is -2.99. The molecule has 0 amide bonds. The fraction of sp³-hybridized carbons (Fsp3) is 0.182. The van der Waals surface area contributed by atoms with Gasteiger partial charge in [-0.2, -0.15) is 0 Å². The zero-order chi connectivity index (χ0) is 19.6. The maximum atomic E-state index is 13.5. The molecule has 28 heavy (non-hydrogen) atoms. The number of hydrogen-bond donors (Lipinski definition) is 0. The van der Waals surface area contributed by atoms with Gasteiger partial charge in [0.1, 0.15) is 13.2 Å². The lowest BCUT2D eigenvalue weighted by Gasteiger charge is -2.26. The molecule has 0 aromatic heterocycles. The molecule has 0 spiro atoms. The number of hydrogen-bond acceptors (Lipinski definition) is 4. The molecule has 3 aromatic carbocycles. The summed E-state index contributed by atoms with van der Waals surface area (Å²) in [6, 6.07) is 21.8. The molecule has 0 saturated heterocycles. The van der Waals surface area contributed by atoms with Crippen molar-refractivity contribution < 1.29 is 17.9 Å². The third-order valence-electron chi connectivity index (χ3n) is 4.59. The van der Waals surface area contributed by atoms with Crippen molar-refractivity contribution in [2.75, 3.05) is 17.5 Å². The van der Waals surface area contributed by atoms with Crippen LogP contribution in [-0.4, -0.2) is 21.6 Å². The van der Waals surface area contributed by atoms with Crippen molar-refractivity contribution in [3.63, 3.8) is 0 Å². The highest BCUT2D eigenvalue weighted by atomic mass is 32.2. The van der Waals surface area contributed by atoms with Crippen LogP contribution in [-0.2, 0) is 16.6 Å². The van der Waals surface area contributed by atoms with E-state index in [4.69, 9.17) is 9.47 Å². The average molecular weight is 395 g/mol. The fourth-order valence-corrected chi connectivity index (χ4v) is 4.56. The molecule has 0 aliphatic carbocycles. The van der Waals surface area contributed by atoms with E-state index in [-0.39, 0.29) is 11.4 Å². The molecule has 5 nitrogen and oxygen atoms in total. The van der Waals surface area contributed by atoms with Gasteiger partial charge in [0.05, 0.1) is 17.1 Å². The normalized spacial score (nSPS) is 13.2. The number of benzene rings is 3. The monoisotopic (exact) mass is 395 g/mol. The van der Waals surface area contributed by atoms with Crippen LogP contribution >= 0.6 is 0 Å². The molecule has 1 heterocycles. The molecule has 0 N–H and O–H groups in total. The molecule has 6 heteroatoms. The van der Waals surface area contributed by atoms with Crippen LogP contribution in [0, 0.1) is 6.92 Å². The fourth-order valence-electron chi connectivity index (χ4n) is 3.09. The minimum absolute atomic E-state index is 0.174. The smallest absolute Gasteiger partial charge is 0.264 e. The van der Waals surface area contributed by atoms with E-state index in [1.54, 1.807) is 12.1 Å². The van der Waals surface area contributed by atoms with Crippen molar-refractivity contribution in [3.8, 4) is 11.5 Å². The molecule has 0 atom stereocenters. The first kappa shape index (κ1) is 18.4. The molecule has 1 aliphatic rings. The van der Waals surface area contributed by atoms with E-state index in [1.165, 1.54) is 10.4 Å². The summed E-state index contributed by atoms with van der Waals surface area (Å²) in [5, 5.41) is 0. The Morgan fingerprint density at radius 1 is 0.857 bits per heavy atom. The van der Waals surface area contributed by atoms with E-state index in [1.807, 2.05) is 61.5 Å². The number of sulfonamides is 1. The van der Waals surface area contributed by atoms with Crippen molar-refractivity contribution in [1.29, 1.82) is 0 Å². The van der Waals surface area contributed by atoms with Crippen molar-refractivity contribution in [3.05, 3.63) is 83.9 Å². The molecule has 0 radical (unpaired) electrons.